The van der Waals surface area contributed by atoms with E-state index in [1.165, 1.54) is 19.3 Å². The summed E-state index contributed by atoms with van der Waals surface area (Å²) in [7, 11) is 0. The number of amides is 1. The Morgan fingerprint density at radius 2 is 1.74 bits per heavy atom. The second-order valence-electron chi connectivity index (χ2n) is 8.24. The molecule has 1 fully saturated rings. The number of piperidine rings is 1. The molecule has 0 aliphatic carbocycles. The van der Waals surface area contributed by atoms with Crippen LogP contribution in [0, 0.1) is 0 Å². The average molecular weight is 497 g/mol. The van der Waals surface area contributed by atoms with Crippen molar-refractivity contribution in [2.75, 3.05) is 24.8 Å². The highest BCUT2D eigenvalue weighted by molar-refractivity contribution is 7.98. The van der Waals surface area contributed by atoms with Crippen molar-refractivity contribution in [3.63, 3.8) is 0 Å². The molecule has 0 unspecified atom stereocenters. The number of carbonyl (C=O) groups is 1. The molecule has 1 saturated heterocycles. The van der Waals surface area contributed by atoms with Crippen molar-refractivity contribution in [3.05, 3.63) is 70.4 Å². The molecule has 2 aromatic carbocycles. The van der Waals surface area contributed by atoms with Gasteiger partial charge >= 0.3 is 0 Å². The molecule has 0 bridgehead atoms. The normalized spacial score (nSPS) is 14.8. The third kappa shape index (κ3) is 5.56. The fourth-order valence-corrected chi connectivity index (χ4v) is 5.01. The van der Waals surface area contributed by atoms with E-state index in [0.29, 0.717) is 33.9 Å². The van der Waals surface area contributed by atoms with Crippen molar-refractivity contribution in [1.82, 2.24) is 15.3 Å². The molecule has 1 amide bonds. The number of thioether (sulfide) groups is 1. The fourth-order valence-electron chi connectivity index (χ4n) is 3.97. The molecule has 34 heavy (non-hydrogen) atoms. The summed E-state index contributed by atoms with van der Waals surface area (Å²) in [6.45, 7) is 2.67. The Morgan fingerprint density at radius 1 is 0.971 bits per heavy atom. The van der Waals surface area contributed by atoms with E-state index in [9.17, 15) is 4.79 Å². The van der Waals surface area contributed by atoms with E-state index >= 15 is 0 Å². The summed E-state index contributed by atoms with van der Waals surface area (Å²) in [5.41, 5.74) is 2.65. The van der Waals surface area contributed by atoms with E-state index in [1.807, 2.05) is 48.5 Å². The number of fused-ring (bicyclic) bond motifs is 1. The van der Waals surface area contributed by atoms with Crippen LogP contribution in [0.5, 0.6) is 11.5 Å². The first kappa shape index (κ1) is 22.8. The Hall–Kier alpha value is -2.97. The number of aromatic nitrogens is 2. The van der Waals surface area contributed by atoms with Crippen LogP contribution in [0.3, 0.4) is 0 Å². The van der Waals surface area contributed by atoms with Gasteiger partial charge in [0.05, 0.1) is 0 Å². The number of carbonyl (C=O) groups excluding carboxylic acids is 1. The molecule has 0 radical (unpaired) electrons. The van der Waals surface area contributed by atoms with Crippen LogP contribution < -0.4 is 19.7 Å². The first-order chi connectivity index (χ1) is 16.6. The largest absolute Gasteiger partial charge is 0.454 e. The summed E-state index contributed by atoms with van der Waals surface area (Å²) in [5.74, 6) is 2.91. The van der Waals surface area contributed by atoms with Gasteiger partial charge in [-0.2, -0.15) is 0 Å². The van der Waals surface area contributed by atoms with Gasteiger partial charge in [-0.25, -0.2) is 9.97 Å². The molecule has 1 N–H and O–H groups in total. The van der Waals surface area contributed by atoms with Crippen molar-refractivity contribution in [2.24, 2.45) is 0 Å². The minimum atomic E-state index is -0.124. The van der Waals surface area contributed by atoms with Gasteiger partial charge in [0.15, 0.2) is 16.7 Å². The predicted octanol–water partition coefficient (Wildman–Crippen LogP) is 5.07. The first-order valence-corrected chi connectivity index (χ1v) is 12.7. The van der Waals surface area contributed by atoms with Crippen molar-refractivity contribution in [2.45, 2.75) is 36.7 Å². The van der Waals surface area contributed by atoms with Crippen LogP contribution in [-0.2, 0) is 12.3 Å². The van der Waals surface area contributed by atoms with Gasteiger partial charge in [-0.1, -0.05) is 41.6 Å². The van der Waals surface area contributed by atoms with Gasteiger partial charge < -0.3 is 19.7 Å². The van der Waals surface area contributed by atoms with Gasteiger partial charge in [0.2, 0.25) is 6.79 Å². The molecule has 0 spiro atoms. The highest BCUT2D eigenvalue weighted by atomic mass is 35.5. The Kier molecular flexibility index (Phi) is 7.06. The molecule has 7 nitrogen and oxygen atoms in total. The molecular weight excluding hydrogens is 472 g/mol. The minimum absolute atomic E-state index is 0.124. The molecule has 3 aromatic rings. The second-order valence-corrected chi connectivity index (χ2v) is 9.56. The van der Waals surface area contributed by atoms with E-state index in [2.05, 4.69) is 15.2 Å². The molecule has 5 rings (SSSR count). The zero-order valence-electron chi connectivity index (χ0n) is 18.6. The fraction of sp³-hybridized carbons (Fsp3) is 0.320. The van der Waals surface area contributed by atoms with E-state index in [-0.39, 0.29) is 12.7 Å². The zero-order chi connectivity index (χ0) is 23.3. The van der Waals surface area contributed by atoms with Crippen molar-refractivity contribution in [1.29, 1.82) is 0 Å². The quantitative estimate of drug-likeness (QED) is 0.278. The number of nitrogens with one attached hydrogen (secondary N) is 1. The lowest BCUT2D eigenvalue weighted by Crippen LogP contribution is -2.30. The smallest absolute Gasteiger partial charge is 0.251 e. The van der Waals surface area contributed by atoms with Gasteiger partial charge in [0.25, 0.3) is 5.91 Å². The molecule has 2 aliphatic heterocycles. The number of benzene rings is 2. The van der Waals surface area contributed by atoms with Gasteiger partial charge in [0, 0.05) is 37.0 Å². The van der Waals surface area contributed by atoms with Crippen LogP contribution in [0.25, 0.3) is 0 Å². The number of ether oxygens (including phenoxy) is 2. The summed E-state index contributed by atoms with van der Waals surface area (Å²) in [6, 6.07) is 15.1. The first-order valence-electron chi connectivity index (χ1n) is 11.3. The third-order valence-corrected chi connectivity index (χ3v) is 6.93. The predicted molar refractivity (Wildman–Crippen MR) is 133 cm³/mol. The maximum Gasteiger partial charge on any atom is 0.251 e. The van der Waals surface area contributed by atoms with Gasteiger partial charge in [0.1, 0.15) is 11.0 Å². The van der Waals surface area contributed by atoms with Gasteiger partial charge in [-0.05, 0) is 54.7 Å². The molecule has 176 valence electrons. The van der Waals surface area contributed by atoms with Crippen LogP contribution >= 0.6 is 23.4 Å². The number of anilines is 1. The van der Waals surface area contributed by atoms with Gasteiger partial charge in [-0.3, -0.25) is 4.79 Å². The van der Waals surface area contributed by atoms with Crippen LogP contribution in [0.2, 0.25) is 5.15 Å². The molecule has 1 aromatic heterocycles. The SMILES string of the molecule is O=C(NCc1ccc2c(c1)OCO2)c1ccc(CSc2nc(Cl)cc(N3CCCCC3)n2)cc1. The number of nitrogens with zero attached hydrogens (tertiary/aromatic N) is 3. The number of hydrogen-bond donors (Lipinski definition) is 1. The van der Waals surface area contributed by atoms with E-state index < -0.39 is 0 Å². The van der Waals surface area contributed by atoms with E-state index in [0.717, 1.165) is 35.8 Å². The molecule has 9 heteroatoms. The maximum absolute atomic E-state index is 12.6. The Balaban J connectivity index is 1.15. The molecule has 2 aliphatic rings. The molecular formula is C25H25ClN4O3S. The minimum Gasteiger partial charge on any atom is -0.454 e. The summed E-state index contributed by atoms with van der Waals surface area (Å²) in [6.07, 6.45) is 3.63. The Bertz CT molecular complexity index is 1170. The average Bonchev–Trinajstić information content (AvgIpc) is 3.34. The maximum atomic E-state index is 12.6. The van der Waals surface area contributed by atoms with E-state index in [1.54, 1.807) is 11.8 Å². The number of halogens is 1. The van der Waals surface area contributed by atoms with Crippen molar-refractivity contribution in [3.8, 4) is 11.5 Å². The molecule has 0 atom stereocenters. The van der Waals surface area contributed by atoms with Crippen LogP contribution in [-0.4, -0.2) is 35.8 Å². The summed E-state index contributed by atoms with van der Waals surface area (Å²) in [4.78, 5) is 23.9. The van der Waals surface area contributed by atoms with Gasteiger partial charge in [-0.15, -0.1) is 0 Å². The van der Waals surface area contributed by atoms with Crippen molar-refractivity contribution >= 4 is 35.1 Å². The standard InChI is InChI=1S/C25H25ClN4O3S/c26-22-13-23(30-10-2-1-3-11-30)29-25(28-22)34-15-17-4-7-19(8-5-17)24(31)27-14-18-6-9-20-21(12-18)33-16-32-20/h4-9,12-13H,1-3,10-11,14-16H2,(H,27,31). The lowest BCUT2D eigenvalue weighted by atomic mass is 10.1. The Labute approximate surface area is 207 Å². The second kappa shape index (κ2) is 10.5. The topological polar surface area (TPSA) is 76.6 Å². The lowest BCUT2D eigenvalue weighted by Gasteiger charge is -2.27. The van der Waals surface area contributed by atoms with Crippen molar-refractivity contribution < 1.29 is 14.3 Å². The highest BCUT2D eigenvalue weighted by Crippen LogP contribution is 2.32. The van der Waals surface area contributed by atoms with Crippen LogP contribution in [0.4, 0.5) is 5.82 Å². The third-order valence-electron chi connectivity index (χ3n) is 5.82. The summed E-state index contributed by atoms with van der Waals surface area (Å²) in [5, 5.41) is 4.08. The summed E-state index contributed by atoms with van der Waals surface area (Å²) >= 11 is 7.80. The number of hydrogen-bond acceptors (Lipinski definition) is 7. The van der Waals surface area contributed by atoms with E-state index in [4.69, 9.17) is 26.1 Å². The lowest BCUT2D eigenvalue weighted by molar-refractivity contribution is 0.0951. The molecule has 3 heterocycles. The van der Waals surface area contributed by atoms with Crippen LogP contribution in [0.1, 0.15) is 40.7 Å². The Morgan fingerprint density at radius 3 is 2.56 bits per heavy atom. The monoisotopic (exact) mass is 496 g/mol. The zero-order valence-corrected chi connectivity index (χ0v) is 20.2. The number of rotatable bonds is 7. The summed E-state index contributed by atoms with van der Waals surface area (Å²) < 4.78 is 10.7. The molecule has 0 saturated carbocycles. The van der Waals surface area contributed by atoms with Crippen LogP contribution in [0.15, 0.2) is 53.7 Å². The highest BCUT2D eigenvalue weighted by Gasteiger charge is 2.15.